The number of amides is 1. The highest BCUT2D eigenvalue weighted by atomic mass is 16.4. The fourth-order valence-electron chi connectivity index (χ4n) is 2.29. The molecule has 1 fully saturated rings. The summed E-state index contributed by atoms with van der Waals surface area (Å²) < 4.78 is 4.91. The summed E-state index contributed by atoms with van der Waals surface area (Å²) in [6, 6.07) is 1.63. The van der Waals surface area contributed by atoms with Crippen LogP contribution in [0.1, 0.15) is 29.0 Å². The Morgan fingerprint density at radius 2 is 2.11 bits per heavy atom. The molecule has 1 amide bonds. The molecule has 0 aromatic carbocycles. The smallest absolute Gasteiger partial charge is 0.372 e. The summed E-state index contributed by atoms with van der Waals surface area (Å²) in [5.74, 6) is -1.04. The van der Waals surface area contributed by atoms with Crippen molar-refractivity contribution in [3.8, 4) is 0 Å². The van der Waals surface area contributed by atoms with Gasteiger partial charge in [-0.25, -0.2) is 4.79 Å². The monoisotopic (exact) mass is 266 g/mol. The maximum atomic E-state index is 11.9. The summed E-state index contributed by atoms with van der Waals surface area (Å²) in [7, 11) is 1.80. The highest BCUT2D eigenvalue weighted by molar-refractivity contribution is 5.86. The molecule has 0 bridgehead atoms. The molecule has 6 nitrogen and oxygen atoms in total. The molecule has 1 aromatic rings. The third-order valence-electron chi connectivity index (χ3n) is 3.25. The van der Waals surface area contributed by atoms with Crippen molar-refractivity contribution in [1.82, 2.24) is 9.80 Å². The van der Waals surface area contributed by atoms with Gasteiger partial charge in [0.15, 0.2) is 0 Å². The second-order valence-electron chi connectivity index (χ2n) is 4.84. The molecule has 104 valence electrons. The Labute approximate surface area is 111 Å². The lowest BCUT2D eigenvalue weighted by atomic mass is 10.2. The number of rotatable bonds is 5. The summed E-state index contributed by atoms with van der Waals surface area (Å²) in [6.07, 6.45) is 3.50. The van der Waals surface area contributed by atoms with Crippen LogP contribution < -0.4 is 0 Å². The van der Waals surface area contributed by atoms with Crippen LogP contribution in [-0.2, 0) is 11.3 Å². The number of furan rings is 1. The number of nitrogens with zero attached hydrogens (tertiary/aromatic N) is 2. The third-order valence-corrected chi connectivity index (χ3v) is 3.25. The first kappa shape index (κ1) is 13.6. The van der Waals surface area contributed by atoms with Gasteiger partial charge in [-0.05, 0) is 26.0 Å². The molecule has 0 radical (unpaired) electrons. The zero-order chi connectivity index (χ0) is 13.8. The standard InChI is InChI=1S/C13H18N2O4/c1-14(9-11(16)15-5-2-3-6-15)8-10-4-7-19-12(10)13(17)18/h4,7H,2-3,5-6,8-9H2,1H3,(H,17,18). The van der Waals surface area contributed by atoms with Gasteiger partial charge >= 0.3 is 5.97 Å². The molecule has 1 aliphatic rings. The molecule has 0 atom stereocenters. The van der Waals surface area contributed by atoms with Gasteiger partial charge in [0.25, 0.3) is 0 Å². The first-order valence-electron chi connectivity index (χ1n) is 6.34. The van der Waals surface area contributed by atoms with Crippen LogP contribution in [0.2, 0.25) is 0 Å². The van der Waals surface area contributed by atoms with Crippen LogP contribution in [0, 0.1) is 0 Å². The molecule has 0 saturated carbocycles. The van der Waals surface area contributed by atoms with Crippen molar-refractivity contribution in [1.29, 1.82) is 0 Å². The molecule has 1 N–H and O–H groups in total. The van der Waals surface area contributed by atoms with E-state index in [-0.39, 0.29) is 11.7 Å². The molecule has 2 rings (SSSR count). The Balaban J connectivity index is 1.90. The van der Waals surface area contributed by atoms with Gasteiger partial charge in [0, 0.05) is 25.2 Å². The van der Waals surface area contributed by atoms with E-state index in [1.165, 1.54) is 6.26 Å². The van der Waals surface area contributed by atoms with E-state index in [4.69, 9.17) is 9.52 Å². The van der Waals surface area contributed by atoms with Crippen molar-refractivity contribution in [3.63, 3.8) is 0 Å². The number of likely N-dealkylation sites (tertiary alicyclic amines) is 1. The number of carboxylic acids is 1. The number of carbonyl (C=O) groups is 2. The molecule has 0 unspecified atom stereocenters. The minimum Gasteiger partial charge on any atom is -0.475 e. The van der Waals surface area contributed by atoms with Crippen LogP contribution in [-0.4, -0.2) is 53.5 Å². The number of carbonyl (C=O) groups excluding carboxylic acids is 1. The van der Waals surface area contributed by atoms with Gasteiger partial charge in [-0.2, -0.15) is 0 Å². The zero-order valence-electron chi connectivity index (χ0n) is 11.0. The zero-order valence-corrected chi connectivity index (χ0v) is 11.0. The van der Waals surface area contributed by atoms with Crippen LogP contribution in [0.3, 0.4) is 0 Å². The van der Waals surface area contributed by atoms with E-state index in [9.17, 15) is 9.59 Å². The molecule has 2 heterocycles. The fourth-order valence-corrected chi connectivity index (χ4v) is 2.29. The van der Waals surface area contributed by atoms with E-state index in [1.807, 2.05) is 4.90 Å². The van der Waals surface area contributed by atoms with E-state index < -0.39 is 5.97 Å². The minimum atomic E-state index is -1.08. The molecular weight excluding hydrogens is 248 g/mol. The van der Waals surface area contributed by atoms with Crippen LogP contribution in [0.5, 0.6) is 0 Å². The van der Waals surface area contributed by atoms with Gasteiger partial charge in [0.2, 0.25) is 11.7 Å². The van der Waals surface area contributed by atoms with Crippen molar-refractivity contribution in [2.75, 3.05) is 26.7 Å². The van der Waals surface area contributed by atoms with Gasteiger partial charge < -0.3 is 14.4 Å². The summed E-state index contributed by atoms with van der Waals surface area (Å²) in [5.41, 5.74) is 0.587. The lowest BCUT2D eigenvalue weighted by molar-refractivity contribution is -0.131. The van der Waals surface area contributed by atoms with Gasteiger partial charge in [0.05, 0.1) is 12.8 Å². The summed E-state index contributed by atoms with van der Waals surface area (Å²) in [6.45, 7) is 2.35. The van der Waals surface area contributed by atoms with E-state index in [0.29, 0.717) is 18.7 Å². The first-order chi connectivity index (χ1) is 9.08. The lowest BCUT2D eigenvalue weighted by Gasteiger charge is -2.20. The maximum absolute atomic E-state index is 11.9. The number of hydrogen-bond acceptors (Lipinski definition) is 4. The Morgan fingerprint density at radius 1 is 1.42 bits per heavy atom. The summed E-state index contributed by atoms with van der Waals surface area (Å²) in [5, 5.41) is 8.93. The van der Waals surface area contributed by atoms with Crippen molar-refractivity contribution in [3.05, 3.63) is 23.7 Å². The van der Waals surface area contributed by atoms with Crippen molar-refractivity contribution in [2.45, 2.75) is 19.4 Å². The van der Waals surface area contributed by atoms with Crippen LogP contribution in [0.15, 0.2) is 16.7 Å². The van der Waals surface area contributed by atoms with Gasteiger partial charge in [0.1, 0.15) is 0 Å². The topological polar surface area (TPSA) is 74.0 Å². The minimum absolute atomic E-state index is 0.0551. The number of hydrogen-bond donors (Lipinski definition) is 1. The highest BCUT2D eigenvalue weighted by Crippen LogP contribution is 2.13. The Hall–Kier alpha value is -1.82. The van der Waals surface area contributed by atoms with E-state index in [0.717, 1.165) is 25.9 Å². The normalized spacial score (nSPS) is 15.2. The Morgan fingerprint density at radius 3 is 2.74 bits per heavy atom. The molecule has 0 aliphatic carbocycles. The van der Waals surface area contributed by atoms with E-state index in [2.05, 4.69) is 0 Å². The quantitative estimate of drug-likeness (QED) is 0.861. The number of carboxylic acid groups (broad SMARTS) is 1. The second kappa shape index (κ2) is 5.88. The second-order valence-corrected chi connectivity index (χ2v) is 4.84. The van der Waals surface area contributed by atoms with Crippen molar-refractivity contribution >= 4 is 11.9 Å². The predicted molar refractivity (Wildman–Crippen MR) is 67.8 cm³/mol. The average Bonchev–Trinajstić information content (AvgIpc) is 2.98. The Kier molecular flexibility index (Phi) is 4.21. The van der Waals surface area contributed by atoms with Gasteiger partial charge in [-0.15, -0.1) is 0 Å². The molecule has 1 aromatic heterocycles. The average molecular weight is 266 g/mol. The van der Waals surface area contributed by atoms with Crippen molar-refractivity contribution < 1.29 is 19.1 Å². The van der Waals surface area contributed by atoms with Gasteiger partial charge in [-0.3, -0.25) is 9.69 Å². The largest absolute Gasteiger partial charge is 0.475 e. The highest BCUT2D eigenvalue weighted by Gasteiger charge is 2.20. The molecule has 0 spiro atoms. The van der Waals surface area contributed by atoms with Gasteiger partial charge in [-0.1, -0.05) is 0 Å². The predicted octanol–water partition coefficient (Wildman–Crippen LogP) is 1.03. The summed E-state index contributed by atoms with van der Waals surface area (Å²) >= 11 is 0. The number of aromatic carboxylic acids is 1. The number of likely N-dealkylation sites (N-methyl/N-ethyl adjacent to an activating group) is 1. The lowest BCUT2D eigenvalue weighted by Crippen LogP contribution is -2.37. The Bertz CT molecular complexity index is 463. The van der Waals surface area contributed by atoms with Crippen LogP contribution >= 0.6 is 0 Å². The van der Waals surface area contributed by atoms with E-state index >= 15 is 0 Å². The van der Waals surface area contributed by atoms with Crippen LogP contribution in [0.25, 0.3) is 0 Å². The fraction of sp³-hybridized carbons (Fsp3) is 0.538. The molecule has 1 saturated heterocycles. The van der Waals surface area contributed by atoms with Crippen LogP contribution in [0.4, 0.5) is 0 Å². The van der Waals surface area contributed by atoms with E-state index in [1.54, 1.807) is 18.0 Å². The molecule has 1 aliphatic heterocycles. The molecule has 19 heavy (non-hydrogen) atoms. The van der Waals surface area contributed by atoms with Crippen molar-refractivity contribution in [2.24, 2.45) is 0 Å². The molecular formula is C13H18N2O4. The summed E-state index contributed by atoms with van der Waals surface area (Å²) in [4.78, 5) is 26.5. The molecule has 6 heteroatoms. The third kappa shape index (κ3) is 3.35. The maximum Gasteiger partial charge on any atom is 0.372 e. The SMILES string of the molecule is CN(CC(=O)N1CCCC1)Cc1ccoc1C(=O)O. The first-order valence-corrected chi connectivity index (χ1v) is 6.34.